The van der Waals surface area contributed by atoms with Crippen LogP contribution in [0.15, 0.2) is 96.3 Å². The van der Waals surface area contributed by atoms with E-state index >= 15 is 0 Å². The van der Waals surface area contributed by atoms with E-state index in [4.69, 9.17) is 4.74 Å². The number of anilines is 3. The summed E-state index contributed by atoms with van der Waals surface area (Å²) in [7, 11) is -2.19. The van der Waals surface area contributed by atoms with Crippen molar-refractivity contribution in [3.8, 4) is 17.0 Å². The molecule has 0 aliphatic carbocycles. The lowest BCUT2D eigenvalue weighted by Crippen LogP contribution is -2.26. The van der Waals surface area contributed by atoms with Crippen LogP contribution in [0.1, 0.15) is 13.8 Å². The third-order valence-electron chi connectivity index (χ3n) is 7.06. The molecule has 2 heterocycles. The van der Waals surface area contributed by atoms with Gasteiger partial charge in [0, 0.05) is 53.2 Å². The third kappa shape index (κ3) is 6.67. The number of fused-ring (bicyclic) bond motifs is 1. The van der Waals surface area contributed by atoms with Crippen molar-refractivity contribution in [1.82, 2.24) is 19.4 Å². The zero-order chi connectivity index (χ0) is 28.8. The average Bonchev–Trinajstić information content (AvgIpc) is 3.41. The van der Waals surface area contributed by atoms with Gasteiger partial charge in [0.05, 0.1) is 17.7 Å². The van der Waals surface area contributed by atoms with Crippen LogP contribution in [-0.2, 0) is 16.6 Å². The Morgan fingerprint density at radius 1 is 0.878 bits per heavy atom. The van der Waals surface area contributed by atoms with Gasteiger partial charge < -0.3 is 19.5 Å². The van der Waals surface area contributed by atoms with Crippen LogP contribution in [0.4, 0.5) is 17.2 Å². The Balaban J connectivity index is 1.26. The van der Waals surface area contributed by atoms with Gasteiger partial charge in [-0.3, -0.25) is 4.72 Å². The molecule has 5 aromatic rings. The fourth-order valence-electron chi connectivity index (χ4n) is 4.67. The second-order valence-corrected chi connectivity index (χ2v) is 11.3. The second-order valence-electron chi connectivity index (χ2n) is 9.58. The Morgan fingerprint density at radius 2 is 1.61 bits per heavy atom. The summed E-state index contributed by atoms with van der Waals surface area (Å²) in [5, 5.41) is 4.45. The summed E-state index contributed by atoms with van der Waals surface area (Å²) < 4.78 is 35.5. The molecule has 9 nitrogen and oxygen atoms in total. The van der Waals surface area contributed by atoms with E-state index in [-0.39, 0.29) is 4.90 Å². The van der Waals surface area contributed by atoms with Gasteiger partial charge in [-0.05, 0) is 79.8 Å². The number of ether oxygens (including phenoxy) is 1. The van der Waals surface area contributed by atoms with Crippen LogP contribution in [0.2, 0.25) is 0 Å². The zero-order valence-corrected chi connectivity index (χ0v) is 24.2. The molecule has 3 aromatic carbocycles. The molecule has 0 fully saturated rings. The predicted octanol–water partition coefficient (Wildman–Crippen LogP) is 5.99. The lowest BCUT2D eigenvalue weighted by Gasteiger charge is -2.18. The summed E-state index contributed by atoms with van der Waals surface area (Å²) in [6.07, 6.45) is 3.68. The van der Waals surface area contributed by atoms with E-state index in [9.17, 15) is 8.42 Å². The van der Waals surface area contributed by atoms with E-state index in [2.05, 4.69) is 73.8 Å². The molecule has 0 aliphatic heterocycles. The van der Waals surface area contributed by atoms with Crippen LogP contribution in [0.3, 0.4) is 0 Å². The highest BCUT2D eigenvalue weighted by molar-refractivity contribution is 7.92. The molecule has 0 saturated heterocycles. The number of sulfonamides is 1. The van der Waals surface area contributed by atoms with Gasteiger partial charge in [0.15, 0.2) is 0 Å². The van der Waals surface area contributed by atoms with E-state index in [1.165, 1.54) is 36.5 Å². The van der Waals surface area contributed by atoms with Crippen molar-refractivity contribution in [2.24, 2.45) is 0 Å². The molecule has 212 valence electrons. The maximum Gasteiger partial charge on any atom is 0.261 e. The molecule has 0 unspecified atom stereocenters. The van der Waals surface area contributed by atoms with Crippen molar-refractivity contribution in [3.05, 3.63) is 91.4 Å². The fourth-order valence-corrected chi connectivity index (χ4v) is 5.72. The van der Waals surface area contributed by atoms with Crippen molar-refractivity contribution >= 4 is 38.1 Å². The van der Waals surface area contributed by atoms with E-state index in [1.54, 1.807) is 36.4 Å². The molecule has 41 heavy (non-hydrogen) atoms. The number of aromatic nitrogens is 3. The highest BCUT2D eigenvalue weighted by Gasteiger charge is 2.14. The van der Waals surface area contributed by atoms with E-state index in [0.29, 0.717) is 17.3 Å². The first-order valence-electron chi connectivity index (χ1n) is 13.6. The monoisotopic (exact) mass is 570 g/mol. The van der Waals surface area contributed by atoms with Gasteiger partial charge >= 0.3 is 0 Å². The third-order valence-corrected chi connectivity index (χ3v) is 8.46. The van der Waals surface area contributed by atoms with Crippen LogP contribution >= 0.6 is 0 Å². The summed E-state index contributed by atoms with van der Waals surface area (Å²) in [5.41, 5.74) is 4.24. The highest BCUT2D eigenvalue weighted by Crippen LogP contribution is 2.27. The van der Waals surface area contributed by atoms with Gasteiger partial charge in [-0.25, -0.2) is 18.4 Å². The normalized spacial score (nSPS) is 11.6. The molecule has 0 aliphatic rings. The molecule has 0 atom stereocenters. The summed E-state index contributed by atoms with van der Waals surface area (Å²) in [4.78, 5) is 11.4. The Labute approximate surface area is 240 Å². The Bertz CT molecular complexity index is 1710. The van der Waals surface area contributed by atoms with Gasteiger partial charge in [-0.1, -0.05) is 19.9 Å². The summed E-state index contributed by atoms with van der Waals surface area (Å²) in [6.45, 7) is 8.47. The molecule has 0 spiro atoms. The number of methoxy groups -OCH3 is 1. The molecular formula is C31H34N6O3S. The summed E-state index contributed by atoms with van der Waals surface area (Å²) in [5.74, 6) is 1.23. The van der Waals surface area contributed by atoms with Crippen molar-refractivity contribution in [2.45, 2.75) is 25.3 Å². The minimum atomic E-state index is -3.72. The number of likely N-dealkylation sites (N-methyl/N-ethyl adjacent to an activating group) is 1. The number of hydrogen-bond acceptors (Lipinski definition) is 7. The second kappa shape index (κ2) is 12.4. The van der Waals surface area contributed by atoms with Gasteiger partial charge in [0.2, 0.25) is 0 Å². The van der Waals surface area contributed by atoms with Crippen molar-refractivity contribution in [3.63, 3.8) is 0 Å². The fraction of sp³-hybridized carbons (Fsp3) is 0.226. The lowest BCUT2D eigenvalue weighted by molar-refractivity contribution is 0.292. The van der Waals surface area contributed by atoms with Gasteiger partial charge in [-0.2, -0.15) is 0 Å². The standard InChI is InChI=1S/C31H34N6O3S/c1-4-36(5-2)18-19-37-17-16-24-20-23(6-15-30(24)37)29-21-31(33-22-32-29)34-25-7-9-26(10-8-25)35-41(38,39)28-13-11-27(40-3)12-14-28/h6-17,20-22,35H,4-5,18-19H2,1-3H3,(H,32,33,34). The predicted molar refractivity (Wildman–Crippen MR) is 164 cm³/mol. The Morgan fingerprint density at radius 3 is 2.32 bits per heavy atom. The summed E-state index contributed by atoms with van der Waals surface area (Å²) >= 11 is 0. The minimum absolute atomic E-state index is 0.156. The molecule has 0 amide bonds. The first kappa shape index (κ1) is 28.1. The zero-order valence-electron chi connectivity index (χ0n) is 23.4. The van der Waals surface area contributed by atoms with Crippen LogP contribution in [-0.4, -0.2) is 54.6 Å². The van der Waals surface area contributed by atoms with E-state index in [0.717, 1.165) is 43.1 Å². The smallest absolute Gasteiger partial charge is 0.261 e. The van der Waals surface area contributed by atoms with Crippen LogP contribution in [0.5, 0.6) is 5.75 Å². The molecule has 0 saturated carbocycles. The van der Waals surface area contributed by atoms with Crippen molar-refractivity contribution < 1.29 is 13.2 Å². The quantitative estimate of drug-likeness (QED) is 0.190. The van der Waals surface area contributed by atoms with Gasteiger partial charge in [0.1, 0.15) is 17.9 Å². The van der Waals surface area contributed by atoms with Crippen molar-refractivity contribution in [2.75, 3.05) is 36.8 Å². The van der Waals surface area contributed by atoms with Crippen LogP contribution < -0.4 is 14.8 Å². The number of hydrogen-bond donors (Lipinski definition) is 2. The molecule has 0 bridgehead atoms. The summed E-state index contributed by atoms with van der Waals surface area (Å²) in [6, 6.07) is 23.6. The van der Waals surface area contributed by atoms with Crippen LogP contribution in [0, 0.1) is 0 Å². The number of benzene rings is 3. The average molecular weight is 571 g/mol. The van der Waals surface area contributed by atoms with Gasteiger partial charge in [-0.15, -0.1) is 0 Å². The SMILES string of the molecule is CCN(CC)CCn1ccc2cc(-c3cc(Nc4ccc(NS(=O)(=O)c5ccc(OC)cc5)cc4)ncn3)ccc21. The van der Waals surface area contributed by atoms with Crippen molar-refractivity contribution in [1.29, 1.82) is 0 Å². The van der Waals surface area contributed by atoms with Gasteiger partial charge in [0.25, 0.3) is 10.0 Å². The lowest BCUT2D eigenvalue weighted by atomic mass is 10.1. The molecule has 10 heteroatoms. The minimum Gasteiger partial charge on any atom is -0.497 e. The Hall–Kier alpha value is -4.41. The first-order chi connectivity index (χ1) is 19.9. The molecule has 2 N–H and O–H groups in total. The van der Waals surface area contributed by atoms with Crippen LogP contribution in [0.25, 0.3) is 22.2 Å². The van der Waals surface area contributed by atoms with E-state index < -0.39 is 10.0 Å². The number of nitrogens with one attached hydrogen (secondary N) is 2. The Kier molecular flexibility index (Phi) is 8.51. The maximum atomic E-state index is 12.7. The molecule has 5 rings (SSSR count). The topological polar surface area (TPSA) is 101 Å². The van der Waals surface area contributed by atoms with E-state index in [1.807, 2.05) is 6.07 Å². The molecule has 0 radical (unpaired) electrons. The molecule has 2 aromatic heterocycles. The highest BCUT2D eigenvalue weighted by atomic mass is 32.2. The first-order valence-corrected chi connectivity index (χ1v) is 15.0. The number of rotatable bonds is 12. The molecular weight excluding hydrogens is 536 g/mol. The maximum absolute atomic E-state index is 12.7. The number of nitrogens with zero attached hydrogens (tertiary/aromatic N) is 4. The largest absolute Gasteiger partial charge is 0.497 e.